The van der Waals surface area contributed by atoms with Crippen LogP contribution in [0, 0.1) is 0 Å². The molecule has 0 saturated heterocycles. The van der Waals surface area contributed by atoms with Crippen molar-refractivity contribution in [1.82, 2.24) is 10.4 Å². The molecule has 0 aliphatic carbocycles. The van der Waals surface area contributed by atoms with Gasteiger partial charge in [0.1, 0.15) is 18.3 Å². The molecule has 0 aromatic carbocycles. The van der Waals surface area contributed by atoms with Crippen molar-refractivity contribution in [2.45, 2.75) is 76.9 Å². The highest BCUT2D eigenvalue weighted by atomic mass is 31.2. The number of carboxylic acids is 1. The number of carbonyl (C=O) groups excluding carboxylic acids is 1. The number of hydrogen-bond acceptors (Lipinski definition) is 9. The number of carboxylic acid groups (broad SMARTS) is 1. The molecule has 13 heteroatoms. The van der Waals surface area contributed by atoms with Crippen LogP contribution >= 0.6 is 7.75 Å². The molecule has 1 aliphatic heterocycles. The Morgan fingerprint density at radius 2 is 1.75 bits per heavy atom. The summed E-state index contributed by atoms with van der Waals surface area (Å²) >= 11 is 0. The smallest absolute Gasteiger partial charge is 0.406 e. The quantitative estimate of drug-likeness (QED) is 0.139. The number of aliphatic hydroxyl groups is 3. The highest BCUT2D eigenvalue weighted by Crippen LogP contribution is 2.46. The molecule has 1 rings (SSSR count). The fraction of sp³-hybridized carbons (Fsp3) is 0.789. The fourth-order valence-corrected chi connectivity index (χ4v) is 4.50. The van der Waals surface area contributed by atoms with E-state index in [2.05, 4.69) is 10.4 Å². The van der Waals surface area contributed by atoms with Crippen molar-refractivity contribution in [3.8, 4) is 0 Å². The Kier molecular flexibility index (Phi) is 12.4. The van der Waals surface area contributed by atoms with Gasteiger partial charge in [-0.2, -0.15) is 0 Å². The van der Waals surface area contributed by atoms with E-state index in [9.17, 15) is 34.6 Å². The zero-order chi connectivity index (χ0) is 24.3. The summed E-state index contributed by atoms with van der Waals surface area (Å²) in [6, 6.07) is -2.34. The molecule has 32 heavy (non-hydrogen) atoms. The van der Waals surface area contributed by atoms with Gasteiger partial charge < -0.3 is 30.5 Å². The summed E-state index contributed by atoms with van der Waals surface area (Å²) in [6.45, 7) is 4.43. The summed E-state index contributed by atoms with van der Waals surface area (Å²) in [5.74, 6) is -2.64. The lowest BCUT2D eigenvalue weighted by atomic mass is 9.92. The van der Waals surface area contributed by atoms with Crippen LogP contribution in [-0.4, -0.2) is 82.5 Å². The monoisotopic (exact) mass is 482 g/mol. The van der Waals surface area contributed by atoms with Crippen molar-refractivity contribution in [2.24, 2.45) is 0 Å². The number of nitrogens with one attached hydrogen (secondary N) is 2. The predicted octanol–water partition coefficient (Wildman–Crippen LogP) is 0.272. The Hall–Kier alpha value is -1.53. The van der Waals surface area contributed by atoms with Gasteiger partial charge in [-0.15, -0.1) is 0 Å². The van der Waals surface area contributed by atoms with Crippen molar-refractivity contribution >= 4 is 19.6 Å². The summed E-state index contributed by atoms with van der Waals surface area (Å²) in [5.41, 5.74) is 0. The van der Waals surface area contributed by atoms with Gasteiger partial charge in [-0.3, -0.25) is 13.8 Å². The Morgan fingerprint density at radius 3 is 2.19 bits per heavy atom. The van der Waals surface area contributed by atoms with E-state index in [0.717, 1.165) is 18.9 Å². The summed E-state index contributed by atoms with van der Waals surface area (Å²) in [7, 11) is -3.96. The van der Waals surface area contributed by atoms with Crippen molar-refractivity contribution in [3.05, 3.63) is 11.8 Å². The van der Waals surface area contributed by atoms with Gasteiger partial charge >= 0.3 is 13.7 Å². The van der Waals surface area contributed by atoms with Crippen LogP contribution in [0.25, 0.3) is 0 Å². The van der Waals surface area contributed by atoms with Crippen LogP contribution in [0.3, 0.4) is 0 Å². The Morgan fingerprint density at radius 1 is 1.19 bits per heavy atom. The lowest BCUT2D eigenvalue weighted by molar-refractivity contribution is -0.146. The van der Waals surface area contributed by atoms with E-state index in [1.807, 2.05) is 13.8 Å². The van der Waals surface area contributed by atoms with Gasteiger partial charge in [-0.25, -0.2) is 14.4 Å². The topological polar surface area (TPSA) is 184 Å². The van der Waals surface area contributed by atoms with E-state index in [-0.39, 0.29) is 13.2 Å². The Balaban J connectivity index is 3.31. The highest BCUT2D eigenvalue weighted by molar-refractivity contribution is 7.51. The third kappa shape index (κ3) is 8.78. The Bertz CT molecular complexity index is 675. The summed E-state index contributed by atoms with van der Waals surface area (Å²) < 4.78 is 29.6. The molecule has 6 N–H and O–H groups in total. The van der Waals surface area contributed by atoms with Gasteiger partial charge in [0, 0.05) is 6.92 Å². The third-order valence-corrected chi connectivity index (χ3v) is 6.32. The lowest BCUT2D eigenvalue weighted by Gasteiger charge is -2.40. The molecule has 0 spiro atoms. The molecule has 1 heterocycles. The van der Waals surface area contributed by atoms with Crippen LogP contribution in [0.15, 0.2) is 11.8 Å². The first-order valence-corrected chi connectivity index (χ1v) is 12.2. The van der Waals surface area contributed by atoms with Crippen LogP contribution in [0.2, 0.25) is 0 Å². The van der Waals surface area contributed by atoms with Crippen LogP contribution in [0.5, 0.6) is 0 Å². The van der Waals surface area contributed by atoms with Crippen molar-refractivity contribution in [3.63, 3.8) is 0 Å². The first-order chi connectivity index (χ1) is 15.1. The fourth-order valence-electron chi connectivity index (χ4n) is 2.94. The number of amides is 1. The number of unbranched alkanes of at least 4 members (excludes halogenated alkanes) is 2. The van der Waals surface area contributed by atoms with Crippen LogP contribution in [0.4, 0.5) is 0 Å². The van der Waals surface area contributed by atoms with Gasteiger partial charge in [-0.05, 0) is 18.9 Å². The van der Waals surface area contributed by atoms with E-state index in [1.54, 1.807) is 0 Å². The minimum Gasteiger partial charge on any atom is -0.478 e. The zero-order valence-corrected chi connectivity index (χ0v) is 19.5. The van der Waals surface area contributed by atoms with Gasteiger partial charge in [0.25, 0.3) is 0 Å². The molecule has 5 atom stereocenters. The number of carbonyl (C=O) groups is 2. The zero-order valence-electron chi connectivity index (χ0n) is 18.6. The van der Waals surface area contributed by atoms with Crippen LogP contribution in [-0.2, 0) is 27.9 Å². The average molecular weight is 482 g/mol. The van der Waals surface area contributed by atoms with Gasteiger partial charge in [0.05, 0.1) is 31.9 Å². The first-order valence-electron chi connectivity index (χ1n) is 10.6. The average Bonchev–Trinajstić information content (AvgIpc) is 2.73. The summed E-state index contributed by atoms with van der Waals surface area (Å²) in [6.07, 6.45) is -1.11. The first kappa shape index (κ1) is 28.5. The second-order valence-corrected chi connectivity index (χ2v) is 9.18. The largest absolute Gasteiger partial charge is 0.478 e. The molecule has 0 radical (unpaired) electrons. The minimum atomic E-state index is -3.96. The highest BCUT2D eigenvalue weighted by Gasteiger charge is 2.45. The Labute approximate surface area is 187 Å². The van der Waals surface area contributed by atoms with E-state index < -0.39 is 62.4 Å². The number of hydrogen-bond donors (Lipinski definition) is 6. The predicted molar refractivity (Wildman–Crippen MR) is 114 cm³/mol. The van der Waals surface area contributed by atoms with Crippen molar-refractivity contribution in [2.75, 3.05) is 19.8 Å². The van der Waals surface area contributed by atoms with E-state index >= 15 is 0 Å². The summed E-state index contributed by atoms with van der Waals surface area (Å²) in [4.78, 5) is 23.4. The number of aliphatic carboxylic acids is 1. The third-order valence-electron chi connectivity index (χ3n) is 4.66. The normalized spacial score (nSPS) is 23.1. The molecule has 0 saturated carbocycles. The van der Waals surface area contributed by atoms with Crippen LogP contribution < -0.4 is 10.4 Å². The molecule has 1 amide bonds. The maximum absolute atomic E-state index is 13.4. The standard InChI is InChI=1S/C19H35N2O10P/c1-4-6-8-29-32(28,30-9-7-5-2)21-13-10-15(19(26)27)31-18(16(13)20-12(3)23)17(25)14(24)11-22/h10,13-14,16-18,22,24-25H,4-9,11H2,1-3H3,(H,20,23)(H,21,28)(H,26,27)/t13-,14+,16+,17+,18+/m0/s1. The number of ether oxygens (including phenoxy) is 1. The SMILES string of the molecule is CCCCOP(=O)(N[C@H]1C=C(C(=O)O)O[C@@H]([C@H](O)[C@H](O)CO)[C@@H]1NC(C)=O)OCCCC. The van der Waals surface area contributed by atoms with E-state index in [0.29, 0.717) is 12.8 Å². The van der Waals surface area contributed by atoms with Crippen molar-refractivity contribution < 1.29 is 48.4 Å². The molecule has 0 aromatic rings. The second kappa shape index (κ2) is 13.9. The maximum Gasteiger partial charge on any atom is 0.406 e. The molecule has 0 bridgehead atoms. The van der Waals surface area contributed by atoms with Gasteiger partial charge in [-0.1, -0.05) is 26.7 Å². The van der Waals surface area contributed by atoms with E-state index in [4.69, 9.17) is 13.8 Å². The van der Waals surface area contributed by atoms with E-state index in [1.165, 1.54) is 6.92 Å². The molecule has 0 fully saturated rings. The molecular weight excluding hydrogens is 447 g/mol. The molecule has 0 unspecified atom stereocenters. The number of aliphatic hydroxyl groups excluding tert-OH is 3. The molecule has 1 aliphatic rings. The van der Waals surface area contributed by atoms with Gasteiger partial charge in [0.2, 0.25) is 11.7 Å². The second-order valence-electron chi connectivity index (χ2n) is 7.41. The molecule has 186 valence electrons. The molecular formula is C19H35N2O10P. The lowest BCUT2D eigenvalue weighted by Crippen LogP contribution is -2.62. The number of rotatable bonds is 15. The minimum absolute atomic E-state index is 0.117. The van der Waals surface area contributed by atoms with Gasteiger partial charge in [0.15, 0.2) is 0 Å². The van der Waals surface area contributed by atoms with Crippen LogP contribution in [0.1, 0.15) is 46.5 Å². The molecule has 12 nitrogen and oxygen atoms in total. The van der Waals surface area contributed by atoms with Crippen molar-refractivity contribution in [1.29, 1.82) is 0 Å². The molecule has 0 aromatic heterocycles. The maximum atomic E-state index is 13.4. The summed E-state index contributed by atoms with van der Waals surface area (Å²) in [5, 5.41) is 44.1.